The zero-order valence-corrected chi connectivity index (χ0v) is 16.1. The Hall–Kier alpha value is -3.40. The van der Waals surface area contributed by atoms with E-state index in [1.165, 1.54) is 18.2 Å². The Kier molecular flexibility index (Phi) is 7.10. The Morgan fingerprint density at radius 1 is 1.14 bits per heavy atom. The minimum Gasteiger partial charge on any atom is -0.464 e. The van der Waals surface area contributed by atoms with Crippen LogP contribution in [0.3, 0.4) is 0 Å². The quantitative estimate of drug-likeness (QED) is 0.228. The first-order chi connectivity index (χ1) is 13.3. The minimum atomic E-state index is -0.909. The van der Waals surface area contributed by atoms with Gasteiger partial charge in [0, 0.05) is 27.7 Å². The van der Waals surface area contributed by atoms with E-state index in [0.29, 0.717) is 4.47 Å². The van der Waals surface area contributed by atoms with E-state index in [1.807, 2.05) is 0 Å². The van der Waals surface area contributed by atoms with E-state index in [2.05, 4.69) is 31.2 Å². The maximum absolute atomic E-state index is 12.4. The fourth-order valence-electron chi connectivity index (χ4n) is 2.13. The fraction of sp³-hybridized carbons (Fsp3) is 0.111. The number of nitrogens with zero attached hydrogens (tertiary/aromatic N) is 2. The molecule has 0 radical (unpaired) electrons. The maximum atomic E-state index is 12.4. The normalized spacial score (nSPS) is 10.9. The van der Waals surface area contributed by atoms with Gasteiger partial charge in [0.2, 0.25) is 0 Å². The minimum absolute atomic E-state index is 0.0316. The van der Waals surface area contributed by atoms with Crippen LogP contribution in [0.4, 0.5) is 5.69 Å². The van der Waals surface area contributed by atoms with Crippen molar-refractivity contribution in [1.29, 1.82) is 0 Å². The van der Waals surface area contributed by atoms with Crippen LogP contribution in [0.15, 0.2) is 58.1 Å². The van der Waals surface area contributed by atoms with Crippen molar-refractivity contribution in [3.8, 4) is 0 Å². The number of esters is 1. The Morgan fingerprint density at radius 3 is 2.46 bits per heavy atom. The van der Waals surface area contributed by atoms with E-state index >= 15 is 0 Å². The Labute approximate surface area is 167 Å². The lowest BCUT2D eigenvalue weighted by Gasteiger charge is -2.06. The maximum Gasteiger partial charge on any atom is 0.354 e. The molecular formula is C18H14BrN3O6. The van der Waals surface area contributed by atoms with Crippen LogP contribution in [0.1, 0.15) is 27.1 Å². The first kappa shape index (κ1) is 20.9. The van der Waals surface area contributed by atoms with Gasteiger partial charge in [-0.25, -0.2) is 10.2 Å². The van der Waals surface area contributed by atoms with Crippen molar-refractivity contribution in [3.63, 3.8) is 0 Å². The molecule has 0 spiro atoms. The highest BCUT2D eigenvalue weighted by Crippen LogP contribution is 2.15. The van der Waals surface area contributed by atoms with Crippen LogP contribution < -0.4 is 5.43 Å². The van der Waals surface area contributed by atoms with E-state index < -0.39 is 29.0 Å². The molecule has 9 nitrogen and oxygen atoms in total. The zero-order chi connectivity index (χ0) is 20.7. The van der Waals surface area contributed by atoms with Gasteiger partial charge in [0.25, 0.3) is 11.6 Å². The third-order valence-corrected chi connectivity index (χ3v) is 4.00. The number of non-ortho nitro benzene ring substituents is 1. The standard InChI is InChI=1S/C18H14BrN3O6/c1-28-18(25)15(20-21-17(24)12-5-2-6-13(19)8-12)10-16(23)11-4-3-7-14(9-11)22(26)27/h2-9H,10H2,1H3,(H,21,24)/b20-15+. The van der Waals surface area contributed by atoms with E-state index in [9.17, 15) is 24.5 Å². The highest BCUT2D eigenvalue weighted by atomic mass is 79.9. The summed E-state index contributed by atoms with van der Waals surface area (Å²) >= 11 is 3.24. The number of hydrogen-bond donors (Lipinski definition) is 1. The summed E-state index contributed by atoms with van der Waals surface area (Å²) in [5.74, 6) is -2.09. The number of ether oxygens (including phenoxy) is 1. The third-order valence-electron chi connectivity index (χ3n) is 3.51. The molecule has 0 heterocycles. The Morgan fingerprint density at radius 2 is 1.82 bits per heavy atom. The van der Waals surface area contributed by atoms with Gasteiger partial charge < -0.3 is 4.74 Å². The average Bonchev–Trinajstić information content (AvgIpc) is 2.70. The summed E-state index contributed by atoms with van der Waals surface area (Å²) in [6, 6.07) is 11.5. The second kappa shape index (κ2) is 9.51. The number of benzene rings is 2. The summed E-state index contributed by atoms with van der Waals surface area (Å²) in [6.07, 6.45) is -0.507. The molecule has 2 aromatic carbocycles. The predicted octanol–water partition coefficient (Wildman–Crippen LogP) is 2.89. The van der Waals surface area contributed by atoms with Crippen molar-refractivity contribution in [1.82, 2.24) is 5.43 Å². The number of hydrazone groups is 1. The van der Waals surface area contributed by atoms with Crippen molar-refractivity contribution >= 4 is 45.0 Å². The van der Waals surface area contributed by atoms with E-state index in [4.69, 9.17) is 0 Å². The monoisotopic (exact) mass is 447 g/mol. The molecule has 0 bridgehead atoms. The van der Waals surface area contributed by atoms with Crippen LogP contribution >= 0.6 is 15.9 Å². The zero-order valence-electron chi connectivity index (χ0n) is 14.5. The molecule has 0 unspecified atom stereocenters. The smallest absolute Gasteiger partial charge is 0.354 e. The van der Waals surface area contributed by atoms with Crippen molar-refractivity contribution in [2.75, 3.05) is 7.11 Å². The van der Waals surface area contributed by atoms with Crippen LogP contribution in [0.25, 0.3) is 0 Å². The predicted molar refractivity (Wildman–Crippen MR) is 103 cm³/mol. The van der Waals surface area contributed by atoms with Gasteiger partial charge in [0.15, 0.2) is 11.5 Å². The van der Waals surface area contributed by atoms with Gasteiger partial charge in [0.05, 0.1) is 18.5 Å². The van der Waals surface area contributed by atoms with Gasteiger partial charge >= 0.3 is 5.97 Å². The van der Waals surface area contributed by atoms with Gasteiger partial charge in [0.1, 0.15) is 0 Å². The molecule has 0 fully saturated rings. The first-order valence-electron chi connectivity index (χ1n) is 7.80. The number of carbonyl (C=O) groups is 3. The fourth-order valence-corrected chi connectivity index (χ4v) is 2.53. The van der Waals surface area contributed by atoms with Crippen molar-refractivity contribution in [3.05, 3.63) is 74.2 Å². The number of amides is 1. The molecule has 10 heteroatoms. The summed E-state index contributed by atoms with van der Waals surface area (Å²) in [5, 5.41) is 14.5. The number of Topliss-reactive ketones (excluding diaryl/α,β-unsaturated/α-hetero) is 1. The number of nitrogens with one attached hydrogen (secondary N) is 1. The molecule has 0 atom stereocenters. The molecule has 0 saturated heterocycles. The average molecular weight is 448 g/mol. The largest absolute Gasteiger partial charge is 0.464 e. The summed E-state index contributed by atoms with van der Waals surface area (Å²) in [7, 11) is 1.10. The van der Waals surface area contributed by atoms with Crippen LogP contribution in [0.2, 0.25) is 0 Å². The van der Waals surface area contributed by atoms with Gasteiger partial charge in [-0.2, -0.15) is 5.10 Å². The van der Waals surface area contributed by atoms with Crippen LogP contribution in [0, 0.1) is 10.1 Å². The van der Waals surface area contributed by atoms with Gasteiger partial charge in [-0.05, 0) is 18.2 Å². The number of hydrogen-bond acceptors (Lipinski definition) is 7. The molecule has 0 aliphatic heterocycles. The number of methoxy groups -OCH3 is 1. The van der Waals surface area contributed by atoms with Crippen LogP contribution in [-0.4, -0.2) is 35.4 Å². The SMILES string of the molecule is COC(=O)/C(CC(=O)c1cccc([N+](=O)[O-])c1)=N/NC(=O)c1cccc(Br)c1. The second-order valence-corrected chi connectivity index (χ2v) is 6.32. The lowest BCUT2D eigenvalue weighted by atomic mass is 10.1. The molecule has 1 N–H and O–H groups in total. The topological polar surface area (TPSA) is 128 Å². The second-order valence-electron chi connectivity index (χ2n) is 5.41. The van der Waals surface area contributed by atoms with E-state index in [1.54, 1.807) is 24.3 Å². The van der Waals surface area contributed by atoms with Gasteiger partial charge in [-0.3, -0.25) is 19.7 Å². The van der Waals surface area contributed by atoms with Gasteiger partial charge in [-0.15, -0.1) is 0 Å². The summed E-state index contributed by atoms with van der Waals surface area (Å²) in [6.45, 7) is 0. The van der Waals surface area contributed by atoms with Crippen molar-refractivity contribution < 1.29 is 24.0 Å². The molecule has 0 saturated carbocycles. The summed E-state index contributed by atoms with van der Waals surface area (Å²) < 4.78 is 5.26. The molecule has 28 heavy (non-hydrogen) atoms. The lowest BCUT2D eigenvalue weighted by Crippen LogP contribution is -2.26. The Bertz CT molecular complexity index is 973. The number of rotatable bonds is 7. The molecule has 0 aromatic heterocycles. The highest BCUT2D eigenvalue weighted by Gasteiger charge is 2.20. The molecular weight excluding hydrogens is 434 g/mol. The number of ketones is 1. The van der Waals surface area contributed by atoms with Crippen molar-refractivity contribution in [2.24, 2.45) is 5.10 Å². The molecule has 144 valence electrons. The molecule has 2 aromatic rings. The number of halogens is 1. The Balaban J connectivity index is 2.19. The highest BCUT2D eigenvalue weighted by molar-refractivity contribution is 9.10. The lowest BCUT2D eigenvalue weighted by molar-refractivity contribution is -0.384. The van der Waals surface area contributed by atoms with Crippen LogP contribution in [-0.2, 0) is 9.53 Å². The van der Waals surface area contributed by atoms with Crippen LogP contribution in [0.5, 0.6) is 0 Å². The molecule has 1 amide bonds. The first-order valence-corrected chi connectivity index (χ1v) is 8.59. The number of carbonyl (C=O) groups excluding carboxylic acids is 3. The summed E-state index contributed by atoms with van der Waals surface area (Å²) in [4.78, 5) is 46.6. The molecule has 0 aliphatic carbocycles. The third kappa shape index (κ3) is 5.55. The number of nitro benzene ring substituents is 1. The van der Waals surface area contributed by atoms with Crippen molar-refractivity contribution in [2.45, 2.75) is 6.42 Å². The molecule has 2 rings (SSSR count). The number of nitro groups is 1. The van der Waals surface area contributed by atoms with E-state index in [0.717, 1.165) is 13.2 Å². The molecule has 0 aliphatic rings. The van der Waals surface area contributed by atoms with Gasteiger partial charge in [-0.1, -0.05) is 34.1 Å². The van der Waals surface area contributed by atoms with E-state index in [-0.39, 0.29) is 22.5 Å². The summed E-state index contributed by atoms with van der Waals surface area (Å²) in [5.41, 5.74) is 1.91.